The normalized spacial score (nSPS) is 15.9. The fourth-order valence-electron chi connectivity index (χ4n) is 2.81. The standard InChI is InChI=1S/C20H20O4/c1-13-10-16-11-14(5-8-20(16)24-13)18(21)7-4-15-12-17(22-2)6-9-19(15)23-3/h4-9,11-13H,10H2,1-3H3. The average Bonchev–Trinajstić information content (AvgIpc) is 2.98. The number of carbonyl (C=O) groups excluding carboxylic acids is 1. The minimum absolute atomic E-state index is 0.0535. The SMILES string of the molecule is COc1ccc(OC)c(C=CC(=O)c2ccc3c(c2)CC(C)O3)c1. The minimum Gasteiger partial charge on any atom is -0.497 e. The van der Waals surface area contributed by atoms with E-state index in [-0.39, 0.29) is 11.9 Å². The molecule has 1 aliphatic rings. The van der Waals surface area contributed by atoms with Crippen LogP contribution in [0.4, 0.5) is 0 Å². The molecule has 0 saturated heterocycles. The van der Waals surface area contributed by atoms with Gasteiger partial charge in [-0.25, -0.2) is 0 Å². The van der Waals surface area contributed by atoms with Gasteiger partial charge in [0.1, 0.15) is 23.4 Å². The van der Waals surface area contributed by atoms with E-state index in [9.17, 15) is 4.79 Å². The fraction of sp³-hybridized carbons (Fsp3) is 0.250. The monoisotopic (exact) mass is 324 g/mol. The first kappa shape index (κ1) is 16.1. The molecule has 0 aromatic heterocycles. The van der Waals surface area contributed by atoms with E-state index in [1.54, 1.807) is 32.4 Å². The van der Waals surface area contributed by atoms with E-state index in [0.717, 1.165) is 23.3 Å². The van der Waals surface area contributed by atoms with Crippen LogP contribution in [0.2, 0.25) is 0 Å². The minimum atomic E-state index is -0.0535. The molecule has 4 nitrogen and oxygen atoms in total. The highest BCUT2D eigenvalue weighted by Crippen LogP contribution is 2.30. The van der Waals surface area contributed by atoms with Gasteiger partial charge >= 0.3 is 0 Å². The van der Waals surface area contributed by atoms with Gasteiger partial charge in [0.2, 0.25) is 0 Å². The van der Waals surface area contributed by atoms with Crippen molar-refractivity contribution < 1.29 is 19.0 Å². The van der Waals surface area contributed by atoms with E-state index in [1.807, 2.05) is 37.3 Å². The van der Waals surface area contributed by atoms with Crippen molar-refractivity contribution in [2.24, 2.45) is 0 Å². The third-order valence-corrected chi connectivity index (χ3v) is 4.03. The molecule has 0 bridgehead atoms. The van der Waals surface area contributed by atoms with Gasteiger partial charge in [-0.2, -0.15) is 0 Å². The zero-order valence-electron chi connectivity index (χ0n) is 14.0. The summed E-state index contributed by atoms with van der Waals surface area (Å²) in [5.41, 5.74) is 2.54. The molecular formula is C20H20O4. The molecule has 0 saturated carbocycles. The van der Waals surface area contributed by atoms with Crippen molar-refractivity contribution in [3.8, 4) is 17.2 Å². The van der Waals surface area contributed by atoms with Crippen LogP contribution in [0.3, 0.4) is 0 Å². The zero-order valence-corrected chi connectivity index (χ0v) is 14.0. The van der Waals surface area contributed by atoms with E-state index < -0.39 is 0 Å². The predicted octanol–water partition coefficient (Wildman–Crippen LogP) is 3.92. The second kappa shape index (κ2) is 6.79. The Labute approximate surface area is 141 Å². The summed E-state index contributed by atoms with van der Waals surface area (Å²) in [5, 5.41) is 0. The molecule has 0 spiro atoms. The number of carbonyl (C=O) groups is 1. The highest BCUT2D eigenvalue weighted by atomic mass is 16.5. The lowest BCUT2D eigenvalue weighted by molar-refractivity contribution is 0.104. The van der Waals surface area contributed by atoms with Crippen LogP contribution < -0.4 is 14.2 Å². The molecule has 0 N–H and O–H groups in total. The predicted molar refractivity (Wildman–Crippen MR) is 93.1 cm³/mol. The van der Waals surface area contributed by atoms with E-state index >= 15 is 0 Å². The Kier molecular flexibility index (Phi) is 4.56. The van der Waals surface area contributed by atoms with Crippen LogP contribution in [-0.4, -0.2) is 26.1 Å². The summed E-state index contributed by atoms with van der Waals surface area (Å²) in [4.78, 5) is 12.5. The number of rotatable bonds is 5. The first-order chi connectivity index (χ1) is 11.6. The second-order valence-corrected chi connectivity index (χ2v) is 5.76. The molecule has 0 radical (unpaired) electrons. The maximum atomic E-state index is 12.5. The molecule has 0 amide bonds. The third-order valence-electron chi connectivity index (χ3n) is 4.03. The van der Waals surface area contributed by atoms with Crippen LogP contribution >= 0.6 is 0 Å². The number of ether oxygens (including phenoxy) is 3. The summed E-state index contributed by atoms with van der Waals surface area (Å²) in [6.45, 7) is 2.02. The van der Waals surface area contributed by atoms with Crippen molar-refractivity contribution in [1.29, 1.82) is 0 Å². The molecular weight excluding hydrogens is 304 g/mol. The highest BCUT2D eigenvalue weighted by Gasteiger charge is 2.19. The van der Waals surface area contributed by atoms with Crippen molar-refractivity contribution >= 4 is 11.9 Å². The van der Waals surface area contributed by atoms with Gasteiger partial charge in [0.05, 0.1) is 14.2 Å². The number of fused-ring (bicyclic) bond motifs is 1. The van der Waals surface area contributed by atoms with E-state index in [1.165, 1.54) is 0 Å². The smallest absolute Gasteiger partial charge is 0.185 e. The number of benzene rings is 2. The van der Waals surface area contributed by atoms with Crippen molar-refractivity contribution in [3.05, 3.63) is 59.2 Å². The van der Waals surface area contributed by atoms with Gasteiger partial charge in [-0.3, -0.25) is 4.79 Å². The molecule has 1 heterocycles. The molecule has 0 fully saturated rings. The Morgan fingerprint density at radius 3 is 2.75 bits per heavy atom. The van der Waals surface area contributed by atoms with Crippen LogP contribution in [0, 0.1) is 0 Å². The number of hydrogen-bond donors (Lipinski definition) is 0. The Hall–Kier alpha value is -2.75. The molecule has 2 aromatic rings. The summed E-state index contributed by atoms with van der Waals surface area (Å²) in [5.74, 6) is 2.22. The largest absolute Gasteiger partial charge is 0.497 e. The average molecular weight is 324 g/mol. The van der Waals surface area contributed by atoms with Gasteiger partial charge in [-0.15, -0.1) is 0 Å². The molecule has 2 aromatic carbocycles. The van der Waals surface area contributed by atoms with Gasteiger partial charge in [0.15, 0.2) is 5.78 Å². The summed E-state index contributed by atoms with van der Waals surface area (Å²) in [6, 6.07) is 11.0. The van der Waals surface area contributed by atoms with E-state index in [4.69, 9.17) is 14.2 Å². The summed E-state index contributed by atoms with van der Waals surface area (Å²) in [7, 11) is 3.21. The summed E-state index contributed by atoms with van der Waals surface area (Å²) >= 11 is 0. The molecule has 24 heavy (non-hydrogen) atoms. The van der Waals surface area contributed by atoms with Gasteiger partial charge in [0, 0.05) is 17.5 Å². The van der Waals surface area contributed by atoms with E-state index in [2.05, 4.69) is 0 Å². The van der Waals surface area contributed by atoms with Gasteiger partial charge < -0.3 is 14.2 Å². The number of ketones is 1. The maximum absolute atomic E-state index is 12.5. The van der Waals surface area contributed by atoms with Crippen molar-refractivity contribution in [3.63, 3.8) is 0 Å². The van der Waals surface area contributed by atoms with E-state index in [0.29, 0.717) is 17.1 Å². The van der Waals surface area contributed by atoms with Crippen molar-refractivity contribution in [1.82, 2.24) is 0 Å². The lowest BCUT2D eigenvalue weighted by Crippen LogP contribution is -2.05. The lowest BCUT2D eigenvalue weighted by Gasteiger charge is -2.07. The Morgan fingerprint density at radius 2 is 2.00 bits per heavy atom. The Morgan fingerprint density at radius 1 is 1.17 bits per heavy atom. The van der Waals surface area contributed by atoms with Gasteiger partial charge in [-0.05, 0) is 61.0 Å². The molecule has 4 heteroatoms. The Balaban J connectivity index is 1.82. The summed E-state index contributed by atoms with van der Waals surface area (Å²) in [6.07, 6.45) is 4.31. The Bertz CT molecular complexity index is 792. The van der Waals surface area contributed by atoms with Crippen molar-refractivity contribution in [2.75, 3.05) is 14.2 Å². The topological polar surface area (TPSA) is 44.8 Å². The van der Waals surface area contributed by atoms with Crippen LogP contribution in [-0.2, 0) is 6.42 Å². The first-order valence-electron chi connectivity index (χ1n) is 7.84. The molecule has 1 unspecified atom stereocenters. The fourth-order valence-corrected chi connectivity index (χ4v) is 2.81. The maximum Gasteiger partial charge on any atom is 0.185 e. The van der Waals surface area contributed by atoms with Crippen LogP contribution in [0.5, 0.6) is 17.2 Å². The molecule has 1 atom stereocenters. The molecule has 124 valence electrons. The van der Waals surface area contributed by atoms with Crippen molar-refractivity contribution in [2.45, 2.75) is 19.4 Å². The lowest BCUT2D eigenvalue weighted by atomic mass is 10.0. The highest BCUT2D eigenvalue weighted by molar-refractivity contribution is 6.07. The quantitative estimate of drug-likeness (QED) is 0.617. The number of hydrogen-bond acceptors (Lipinski definition) is 4. The van der Waals surface area contributed by atoms with Crippen LogP contribution in [0.15, 0.2) is 42.5 Å². The van der Waals surface area contributed by atoms with Gasteiger partial charge in [0.25, 0.3) is 0 Å². The first-order valence-corrected chi connectivity index (χ1v) is 7.84. The number of allylic oxidation sites excluding steroid dienone is 1. The zero-order chi connectivity index (χ0) is 17.1. The third kappa shape index (κ3) is 3.27. The van der Waals surface area contributed by atoms with Gasteiger partial charge in [-0.1, -0.05) is 0 Å². The summed E-state index contributed by atoms with van der Waals surface area (Å²) < 4.78 is 16.2. The second-order valence-electron chi connectivity index (χ2n) is 5.76. The van der Waals surface area contributed by atoms with Crippen LogP contribution in [0.25, 0.3) is 6.08 Å². The molecule has 3 rings (SSSR count). The van der Waals surface area contributed by atoms with Crippen LogP contribution in [0.1, 0.15) is 28.4 Å². The molecule has 1 aliphatic heterocycles. The number of methoxy groups -OCH3 is 2. The molecule has 0 aliphatic carbocycles.